The van der Waals surface area contributed by atoms with Gasteiger partial charge in [-0.15, -0.1) is 0 Å². The van der Waals surface area contributed by atoms with Gasteiger partial charge in [-0.25, -0.2) is 18.3 Å². The van der Waals surface area contributed by atoms with Crippen molar-refractivity contribution in [2.24, 2.45) is 11.7 Å². The molecule has 1 saturated heterocycles. The molecule has 4 heterocycles. The van der Waals surface area contributed by atoms with Crippen molar-refractivity contribution in [1.29, 1.82) is 0 Å². The molecule has 5 rings (SSSR count). The summed E-state index contributed by atoms with van der Waals surface area (Å²) in [5.41, 5.74) is 6.42. The first-order valence-electron chi connectivity index (χ1n) is 11.8. The summed E-state index contributed by atoms with van der Waals surface area (Å²) in [4.78, 5) is 19.9. The number of hydrogen-bond acceptors (Lipinski definition) is 7. The average Bonchev–Trinajstić information content (AvgIpc) is 3.49. The minimum Gasteiger partial charge on any atom is -0.378 e. The maximum Gasteiger partial charge on any atom is 0.282 e. The molecule has 1 saturated carbocycles. The molecule has 0 radical (unpaired) electrons. The molecular weight excluding hydrogens is 444 g/mol. The van der Waals surface area contributed by atoms with Gasteiger partial charge < -0.3 is 15.4 Å². The van der Waals surface area contributed by atoms with E-state index in [2.05, 4.69) is 20.1 Å². The molecule has 11 heteroatoms. The molecule has 9 nitrogen and oxygen atoms in total. The largest absolute Gasteiger partial charge is 0.378 e. The van der Waals surface area contributed by atoms with E-state index in [1.807, 2.05) is 6.07 Å². The van der Waals surface area contributed by atoms with Gasteiger partial charge in [-0.2, -0.15) is 10.2 Å². The third-order valence-electron chi connectivity index (χ3n) is 6.91. The fraction of sp³-hybridized carbons (Fsp3) is 0.565. The van der Waals surface area contributed by atoms with E-state index in [9.17, 15) is 13.6 Å². The van der Waals surface area contributed by atoms with Gasteiger partial charge in [0.05, 0.1) is 31.0 Å². The second-order valence-electron chi connectivity index (χ2n) is 9.04. The standard InChI is InChI=1S/C23H29F2N7O2/c24-22(25)21-16(14-32(29-21)17-3-1-15(12-26)2-4-17)11-19(33)18-13-27-31-6-5-20(28-23(18)31)30-7-9-34-10-8-30/h5-6,13-15,17,22H,1-4,7-12,26H2. The van der Waals surface area contributed by atoms with Gasteiger partial charge in [0, 0.05) is 37.5 Å². The van der Waals surface area contributed by atoms with Crippen LogP contribution in [0.25, 0.3) is 5.65 Å². The molecule has 0 spiro atoms. The maximum absolute atomic E-state index is 13.8. The summed E-state index contributed by atoms with van der Waals surface area (Å²) in [6, 6.07) is 1.90. The molecule has 0 atom stereocenters. The first kappa shape index (κ1) is 22.9. The van der Waals surface area contributed by atoms with Crippen molar-refractivity contribution >= 4 is 17.2 Å². The van der Waals surface area contributed by atoms with Gasteiger partial charge in [-0.05, 0) is 44.2 Å². The van der Waals surface area contributed by atoms with Crippen LogP contribution in [0.1, 0.15) is 59.8 Å². The lowest BCUT2D eigenvalue weighted by Gasteiger charge is -2.27. The number of carbonyl (C=O) groups excluding carboxylic acids is 1. The third-order valence-corrected chi connectivity index (χ3v) is 6.91. The van der Waals surface area contributed by atoms with Crippen LogP contribution in [0.3, 0.4) is 0 Å². The first-order valence-corrected chi connectivity index (χ1v) is 11.8. The van der Waals surface area contributed by atoms with Crippen LogP contribution in [0.5, 0.6) is 0 Å². The number of rotatable bonds is 7. The number of hydrogen-bond donors (Lipinski definition) is 1. The van der Waals surface area contributed by atoms with Gasteiger partial charge >= 0.3 is 0 Å². The van der Waals surface area contributed by atoms with Gasteiger partial charge in [0.1, 0.15) is 11.5 Å². The molecule has 2 fully saturated rings. The SMILES string of the molecule is NCC1CCC(n2cc(CC(=O)c3cnn4ccc(N5CCOCC5)nc34)c(C(F)F)n2)CC1. The van der Waals surface area contributed by atoms with Crippen LogP contribution in [0, 0.1) is 5.92 Å². The molecule has 0 unspecified atom stereocenters. The van der Waals surface area contributed by atoms with Crippen LogP contribution in [-0.4, -0.2) is 63.0 Å². The minimum absolute atomic E-state index is 0.0545. The summed E-state index contributed by atoms with van der Waals surface area (Å²) < 4.78 is 36.1. The number of morpholine rings is 1. The Hall–Kier alpha value is -2.92. The number of ketones is 1. The van der Waals surface area contributed by atoms with Crippen LogP contribution in [-0.2, 0) is 11.2 Å². The number of fused-ring (bicyclic) bond motifs is 1. The molecule has 182 valence electrons. The number of nitrogens with zero attached hydrogens (tertiary/aromatic N) is 6. The second-order valence-corrected chi connectivity index (χ2v) is 9.04. The predicted molar refractivity (Wildman–Crippen MR) is 121 cm³/mol. The molecule has 2 aliphatic rings. The predicted octanol–water partition coefficient (Wildman–Crippen LogP) is 2.82. The number of aromatic nitrogens is 5. The lowest BCUT2D eigenvalue weighted by atomic mass is 9.86. The number of Topliss-reactive ketones (excluding diaryl/α,β-unsaturated/α-hetero) is 1. The molecule has 0 bridgehead atoms. The number of ether oxygens (including phenoxy) is 1. The van der Waals surface area contributed by atoms with Crippen LogP contribution < -0.4 is 10.6 Å². The fourth-order valence-electron chi connectivity index (χ4n) is 4.89. The quantitative estimate of drug-likeness (QED) is 0.526. The Morgan fingerprint density at radius 3 is 2.68 bits per heavy atom. The Kier molecular flexibility index (Phi) is 6.55. The lowest BCUT2D eigenvalue weighted by molar-refractivity contribution is 0.0992. The smallest absolute Gasteiger partial charge is 0.282 e. The van der Waals surface area contributed by atoms with E-state index in [1.54, 1.807) is 17.1 Å². The fourth-order valence-corrected chi connectivity index (χ4v) is 4.89. The van der Waals surface area contributed by atoms with Crippen LogP contribution in [0.4, 0.5) is 14.6 Å². The summed E-state index contributed by atoms with van der Waals surface area (Å²) in [6.07, 6.45) is 5.51. The topological polar surface area (TPSA) is 104 Å². The molecule has 34 heavy (non-hydrogen) atoms. The number of carbonyl (C=O) groups is 1. The van der Waals surface area contributed by atoms with Crippen molar-refractivity contribution in [3.63, 3.8) is 0 Å². The minimum atomic E-state index is -2.75. The van der Waals surface area contributed by atoms with E-state index in [0.29, 0.717) is 50.0 Å². The van der Waals surface area contributed by atoms with Crippen molar-refractivity contribution in [2.75, 3.05) is 37.7 Å². The third kappa shape index (κ3) is 4.54. The highest BCUT2D eigenvalue weighted by molar-refractivity contribution is 6.02. The van der Waals surface area contributed by atoms with Crippen molar-refractivity contribution < 1.29 is 18.3 Å². The Balaban J connectivity index is 1.38. The molecule has 0 amide bonds. The van der Waals surface area contributed by atoms with Crippen LogP contribution in [0.2, 0.25) is 0 Å². The summed E-state index contributed by atoms with van der Waals surface area (Å²) in [7, 11) is 0. The van der Waals surface area contributed by atoms with Gasteiger partial charge in [-0.3, -0.25) is 9.48 Å². The summed E-state index contributed by atoms with van der Waals surface area (Å²) in [5.74, 6) is 0.905. The van der Waals surface area contributed by atoms with E-state index in [1.165, 1.54) is 10.7 Å². The highest BCUT2D eigenvalue weighted by Crippen LogP contribution is 2.33. The van der Waals surface area contributed by atoms with E-state index in [0.717, 1.165) is 31.5 Å². The maximum atomic E-state index is 13.8. The van der Waals surface area contributed by atoms with Gasteiger partial charge in [0.15, 0.2) is 11.4 Å². The number of alkyl halides is 2. The molecule has 3 aromatic rings. The number of nitrogens with two attached hydrogens (primary N) is 1. The Morgan fingerprint density at radius 2 is 1.97 bits per heavy atom. The van der Waals surface area contributed by atoms with Crippen molar-refractivity contribution in [3.05, 3.63) is 41.5 Å². The van der Waals surface area contributed by atoms with Gasteiger partial charge in [-0.1, -0.05) is 0 Å². The van der Waals surface area contributed by atoms with Gasteiger partial charge in [0.2, 0.25) is 0 Å². The van der Waals surface area contributed by atoms with Crippen molar-refractivity contribution in [3.8, 4) is 0 Å². The number of halogens is 2. The zero-order chi connectivity index (χ0) is 23.7. The summed E-state index contributed by atoms with van der Waals surface area (Å²) in [6.45, 7) is 3.31. The monoisotopic (exact) mass is 473 g/mol. The molecule has 2 N–H and O–H groups in total. The molecule has 1 aliphatic heterocycles. The average molecular weight is 474 g/mol. The summed E-state index contributed by atoms with van der Waals surface area (Å²) in [5, 5.41) is 8.41. The first-order chi connectivity index (χ1) is 16.5. The van der Waals surface area contributed by atoms with Crippen LogP contribution in [0.15, 0.2) is 24.7 Å². The summed E-state index contributed by atoms with van der Waals surface area (Å²) >= 11 is 0. The zero-order valence-corrected chi connectivity index (χ0v) is 18.9. The highest BCUT2D eigenvalue weighted by atomic mass is 19.3. The van der Waals surface area contributed by atoms with Gasteiger partial charge in [0.25, 0.3) is 6.43 Å². The Bertz CT molecular complexity index is 1150. The van der Waals surface area contributed by atoms with E-state index < -0.39 is 6.43 Å². The lowest BCUT2D eigenvalue weighted by Crippen LogP contribution is -2.36. The van der Waals surface area contributed by atoms with Crippen molar-refractivity contribution in [1.82, 2.24) is 24.4 Å². The normalized spacial score (nSPS) is 21.5. The second kappa shape index (κ2) is 9.75. The Labute approximate surface area is 195 Å². The number of anilines is 1. The van der Waals surface area contributed by atoms with E-state index in [4.69, 9.17) is 10.5 Å². The van der Waals surface area contributed by atoms with Crippen molar-refractivity contribution in [2.45, 2.75) is 44.6 Å². The molecule has 3 aromatic heterocycles. The van der Waals surface area contributed by atoms with E-state index in [-0.39, 0.29) is 29.5 Å². The Morgan fingerprint density at radius 1 is 1.21 bits per heavy atom. The molecular formula is C23H29F2N7O2. The van der Waals surface area contributed by atoms with E-state index >= 15 is 0 Å². The zero-order valence-electron chi connectivity index (χ0n) is 18.9. The highest BCUT2D eigenvalue weighted by Gasteiger charge is 2.27. The molecule has 0 aromatic carbocycles. The molecule has 1 aliphatic carbocycles. The van der Waals surface area contributed by atoms with Crippen LogP contribution >= 0.6 is 0 Å².